The largest absolute Gasteiger partial charge is 0.454 e. The molecule has 0 fully saturated rings. The Morgan fingerprint density at radius 1 is 1.11 bits per heavy atom. The van der Waals surface area contributed by atoms with Crippen LogP contribution in [-0.2, 0) is 14.3 Å². The van der Waals surface area contributed by atoms with Gasteiger partial charge in [-0.1, -0.05) is 6.07 Å². The number of amides is 1. The van der Waals surface area contributed by atoms with Crippen LogP contribution < -0.4 is 19.7 Å². The van der Waals surface area contributed by atoms with Crippen molar-refractivity contribution in [2.24, 2.45) is 0 Å². The molecule has 0 radical (unpaired) electrons. The Balaban J connectivity index is 1.52. The number of hydrogen-bond donors (Lipinski definition) is 1. The van der Waals surface area contributed by atoms with Crippen molar-refractivity contribution < 1.29 is 23.8 Å². The van der Waals surface area contributed by atoms with Crippen LogP contribution in [0.25, 0.3) is 6.08 Å². The number of benzene rings is 2. The maximum atomic E-state index is 12.2. The van der Waals surface area contributed by atoms with E-state index in [1.165, 1.54) is 13.0 Å². The quantitative estimate of drug-likeness (QED) is 0.611. The molecule has 146 valence electrons. The molecule has 1 unspecified atom stereocenters. The first kappa shape index (κ1) is 19.3. The van der Waals surface area contributed by atoms with Crippen LogP contribution >= 0.6 is 0 Å². The molecule has 7 nitrogen and oxygen atoms in total. The van der Waals surface area contributed by atoms with E-state index in [1.807, 2.05) is 31.1 Å². The van der Waals surface area contributed by atoms with Gasteiger partial charge in [-0.3, -0.25) is 4.79 Å². The summed E-state index contributed by atoms with van der Waals surface area (Å²) in [6, 6.07) is 12.7. The minimum absolute atomic E-state index is 0.190. The van der Waals surface area contributed by atoms with Crippen LogP contribution in [0.5, 0.6) is 11.5 Å². The zero-order chi connectivity index (χ0) is 20.1. The molecular weight excluding hydrogens is 360 g/mol. The van der Waals surface area contributed by atoms with Gasteiger partial charge in [0.2, 0.25) is 6.79 Å². The molecule has 1 aliphatic rings. The van der Waals surface area contributed by atoms with Crippen molar-refractivity contribution in [3.63, 3.8) is 0 Å². The Morgan fingerprint density at radius 3 is 2.54 bits per heavy atom. The summed E-state index contributed by atoms with van der Waals surface area (Å²) in [5.74, 6) is 0.290. The molecule has 1 heterocycles. The van der Waals surface area contributed by atoms with Gasteiger partial charge in [0.05, 0.1) is 0 Å². The van der Waals surface area contributed by atoms with Crippen LogP contribution in [-0.4, -0.2) is 38.9 Å². The van der Waals surface area contributed by atoms with E-state index in [0.717, 1.165) is 11.3 Å². The molecule has 0 saturated carbocycles. The fourth-order valence-corrected chi connectivity index (χ4v) is 2.53. The van der Waals surface area contributed by atoms with Crippen molar-refractivity contribution in [2.45, 2.75) is 13.0 Å². The minimum atomic E-state index is -0.928. The van der Waals surface area contributed by atoms with Crippen molar-refractivity contribution in [2.75, 3.05) is 31.1 Å². The Bertz CT molecular complexity index is 890. The molecule has 2 aromatic carbocycles. The first-order valence-corrected chi connectivity index (χ1v) is 8.79. The standard InChI is InChI=1S/C21H22N2O5/c1-14(21(25)22-16-6-8-17(9-7-16)23(2)3)28-20(24)11-5-15-4-10-18-19(12-15)27-13-26-18/h4-12,14H,13H2,1-3H3,(H,22,25)/b11-5+. The summed E-state index contributed by atoms with van der Waals surface area (Å²) < 4.78 is 15.7. The predicted octanol–water partition coefficient (Wildman–Crippen LogP) is 3.06. The smallest absolute Gasteiger partial charge is 0.331 e. The van der Waals surface area contributed by atoms with Gasteiger partial charge in [-0.05, 0) is 55.0 Å². The predicted molar refractivity (Wildman–Crippen MR) is 107 cm³/mol. The molecule has 3 rings (SSSR count). The number of nitrogens with one attached hydrogen (secondary N) is 1. The van der Waals surface area contributed by atoms with E-state index < -0.39 is 18.0 Å². The average Bonchev–Trinajstić information content (AvgIpc) is 3.14. The monoisotopic (exact) mass is 382 g/mol. The van der Waals surface area contributed by atoms with E-state index >= 15 is 0 Å². The van der Waals surface area contributed by atoms with Crippen LogP contribution in [0.15, 0.2) is 48.5 Å². The lowest BCUT2D eigenvalue weighted by Gasteiger charge is -2.15. The van der Waals surface area contributed by atoms with Crippen LogP contribution in [0.1, 0.15) is 12.5 Å². The molecule has 0 aliphatic carbocycles. The van der Waals surface area contributed by atoms with E-state index in [4.69, 9.17) is 14.2 Å². The van der Waals surface area contributed by atoms with E-state index in [9.17, 15) is 9.59 Å². The lowest BCUT2D eigenvalue weighted by atomic mass is 10.2. The van der Waals surface area contributed by atoms with Gasteiger partial charge in [0, 0.05) is 31.5 Å². The average molecular weight is 382 g/mol. The van der Waals surface area contributed by atoms with Gasteiger partial charge in [0.1, 0.15) is 0 Å². The van der Waals surface area contributed by atoms with E-state index in [1.54, 1.807) is 36.4 Å². The Hall–Kier alpha value is -3.48. The highest BCUT2D eigenvalue weighted by molar-refractivity contribution is 5.96. The third kappa shape index (κ3) is 4.82. The molecular formula is C21H22N2O5. The Labute approximate surface area is 163 Å². The Kier molecular flexibility index (Phi) is 5.84. The number of fused-ring (bicyclic) bond motifs is 1. The molecule has 28 heavy (non-hydrogen) atoms. The molecule has 7 heteroatoms. The topological polar surface area (TPSA) is 77.1 Å². The van der Waals surface area contributed by atoms with Crippen LogP contribution in [0.2, 0.25) is 0 Å². The van der Waals surface area contributed by atoms with E-state index in [2.05, 4.69) is 5.32 Å². The zero-order valence-electron chi connectivity index (χ0n) is 16.0. The second kappa shape index (κ2) is 8.47. The molecule has 1 amide bonds. The van der Waals surface area contributed by atoms with Gasteiger partial charge < -0.3 is 24.4 Å². The zero-order valence-corrected chi connectivity index (χ0v) is 16.0. The van der Waals surface area contributed by atoms with Crippen molar-refractivity contribution in [1.29, 1.82) is 0 Å². The number of hydrogen-bond acceptors (Lipinski definition) is 6. The maximum absolute atomic E-state index is 12.2. The number of nitrogens with zero attached hydrogens (tertiary/aromatic N) is 1. The van der Waals surface area contributed by atoms with Gasteiger partial charge in [-0.15, -0.1) is 0 Å². The molecule has 0 spiro atoms. The fourth-order valence-electron chi connectivity index (χ4n) is 2.53. The number of ether oxygens (including phenoxy) is 3. The maximum Gasteiger partial charge on any atom is 0.331 e. The second-order valence-electron chi connectivity index (χ2n) is 6.46. The summed E-state index contributed by atoms with van der Waals surface area (Å²) in [5, 5.41) is 2.73. The summed E-state index contributed by atoms with van der Waals surface area (Å²) >= 11 is 0. The normalized spacial score (nSPS) is 13.2. The minimum Gasteiger partial charge on any atom is -0.454 e. The summed E-state index contributed by atoms with van der Waals surface area (Å²) in [5.41, 5.74) is 2.42. The van der Waals surface area contributed by atoms with Crippen molar-refractivity contribution in [1.82, 2.24) is 0 Å². The van der Waals surface area contributed by atoms with Crippen LogP contribution in [0.4, 0.5) is 11.4 Å². The van der Waals surface area contributed by atoms with Crippen molar-refractivity contribution in [3.8, 4) is 11.5 Å². The molecule has 2 aromatic rings. The van der Waals surface area contributed by atoms with Gasteiger partial charge in [-0.2, -0.15) is 0 Å². The fraction of sp³-hybridized carbons (Fsp3) is 0.238. The number of esters is 1. The highest BCUT2D eigenvalue weighted by Gasteiger charge is 2.17. The van der Waals surface area contributed by atoms with E-state index in [-0.39, 0.29) is 6.79 Å². The van der Waals surface area contributed by atoms with Crippen LogP contribution in [0, 0.1) is 0 Å². The third-order valence-corrected chi connectivity index (χ3v) is 4.12. The second-order valence-corrected chi connectivity index (χ2v) is 6.46. The molecule has 1 N–H and O–H groups in total. The lowest BCUT2D eigenvalue weighted by Crippen LogP contribution is -2.29. The third-order valence-electron chi connectivity index (χ3n) is 4.12. The number of rotatable bonds is 6. The van der Waals surface area contributed by atoms with Gasteiger partial charge >= 0.3 is 5.97 Å². The molecule has 0 bridgehead atoms. The number of anilines is 2. The van der Waals surface area contributed by atoms with E-state index in [0.29, 0.717) is 17.2 Å². The van der Waals surface area contributed by atoms with Gasteiger partial charge in [0.25, 0.3) is 5.91 Å². The van der Waals surface area contributed by atoms with Crippen LogP contribution in [0.3, 0.4) is 0 Å². The number of carbonyl (C=O) groups is 2. The molecule has 0 aromatic heterocycles. The SMILES string of the molecule is CC(OC(=O)/C=C/c1ccc2c(c1)OCO2)C(=O)Nc1ccc(N(C)C)cc1. The molecule has 0 saturated heterocycles. The summed E-state index contributed by atoms with van der Waals surface area (Å²) in [7, 11) is 3.87. The molecule has 1 atom stereocenters. The van der Waals surface area contributed by atoms with Gasteiger partial charge in [-0.25, -0.2) is 4.79 Å². The highest BCUT2D eigenvalue weighted by Crippen LogP contribution is 2.32. The van der Waals surface area contributed by atoms with Gasteiger partial charge in [0.15, 0.2) is 17.6 Å². The molecule has 1 aliphatic heterocycles. The number of carbonyl (C=O) groups excluding carboxylic acids is 2. The Morgan fingerprint density at radius 2 is 1.82 bits per heavy atom. The lowest BCUT2D eigenvalue weighted by molar-refractivity contribution is -0.148. The first-order valence-electron chi connectivity index (χ1n) is 8.79. The highest BCUT2D eigenvalue weighted by atomic mass is 16.7. The van der Waals surface area contributed by atoms with Crippen molar-refractivity contribution in [3.05, 3.63) is 54.1 Å². The summed E-state index contributed by atoms with van der Waals surface area (Å²) in [4.78, 5) is 26.2. The first-order chi connectivity index (χ1) is 13.4. The van der Waals surface area contributed by atoms with Crippen molar-refractivity contribution >= 4 is 29.3 Å². The summed E-state index contributed by atoms with van der Waals surface area (Å²) in [6.45, 7) is 1.71. The summed E-state index contributed by atoms with van der Waals surface area (Å²) in [6.07, 6.45) is 1.93.